The molecule has 0 unspecified atom stereocenters. The normalized spacial score (nSPS) is 10.5. The van der Waals surface area contributed by atoms with Crippen molar-refractivity contribution in [1.29, 1.82) is 0 Å². The molecule has 2 aromatic heterocycles. The summed E-state index contributed by atoms with van der Waals surface area (Å²) in [7, 11) is 1.95. The van der Waals surface area contributed by atoms with Crippen LogP contribution in [0.5, 0.6) is 0 Å². The Hall–Kier alpha value is -2.11. The van der Waals surface area contributed by atoms with Crippen LogP contribution < -0.4 is 10.6 Å². The van der Waals surface area contributed by atoms with Crippen molar-refractivity contribution in [3.63, 3.8) is 0 Å². The van der Waals surface area contributed by atoms with Gasteiger partial charge in [-0.25, -0.2) is 4.98 Å². The molecule has 2 N–H and O–H groups in total. The smallest absolute Gasteiger partial charge is 0.224 e. The molecule has 2 aromatic rings. The van der Waals surface area contributed by atoms with Crippen molar-refractivity contribution in [2.75, 3.05) is 23.7 Å². The van der Waals surface area contributed by atoms with Crippen molar-refractivity contribution < 1.29 is 0 Å². The third kappa shape index (κ3) is 3.43. The molecule has 6 heteroatoms. The number of anilines is 2. The van der Waals surface area contributed by atoms with Crippen LogP contribution in [0, 0.1) is 6.92 Å². The lowest BCUT2D eigenvalue weighted by atomic mass is 10.3. The summed E-state index contributed by atoms with van der Waals surface area (Å²) in [5.41, 5.74) is 2.25. The van der Waals surface area contributed by atoms with E-state index < -0.39 is 0 Å². The van der Waals surface area contributed by atoms with E-state index in [2.05, 4.69) is 25.7 Å². The SMILES string of the molecule is CCNc1ncc(C)c(NCCc2ccnn2C)n1. The third-order valence-electron chi connectivity index (χ3n) is 2.90. The van der Waals surface area contributed by atoms with Crippen LogP contribution in [0.1, 0.15) is 18.2 Å². The topological polar surface area (TPSA) is 67.7 Å². The van der Waals surface area contributed by atoms with Crippen molar-refractivity contribution in [3.05, 3.63) is 29.7 Å². The molecule has 0 amide bonds. The maximum atomic E-state index is 4.45. The highest BCUT2D eigenvalue weighted by atomic mass is 15.3. The van der Waals surface area contributed by atoms with E-state index in [1.807, 2.05) is 44.0 Å². The standard InChI is InChI=1S/C13H20N6/c1-4-14-13-16-9-10(2)12(18-13)15-7-5-11-6-8-17-19(11)3/h6,8-9H,4-5,7H2,1-3H3,(H2,14,15,16,18). The molecular weight excluding hydrogens is 240 g/mol. The van der Waals surface area contributed by atoms with Gasteiger partial charge in [-0.3, -0.25) is 4.68 Å². The van der Waals surface area contributed by atoms with E-state index >= 15 is 0 Å². The largest absolute Gasteiger partial charge is 0.369 e. The molecule has 0 aliphatic rings. The van der Waals surface area contributed by atoms with E-state index in [4.69, 9.17) is 0 Å². The van der Waals surface area contributed by atoms with Crippen molar-refractivity contribution >= 4 is 11.8 Å². The van der Waals surface area contributed by atoms with Crippen LogP contribution in [0.3, 0.4) is 0 Å². The van der Waals surface area contributed by atoms with Gasteiger partial charge < -0.3 is 10.6 Å². The Morgan fingerprint density at radius 1 is 1.32 bits per heavy atom. The zero-order valence-corrected chi connectivity index (χ0v) is 11.6. The van der Waals surface area contributed by atoms with Crippen LogP contribution in [-0.4, -0.2) is 32.8 Å². The van der Waals surface area contributed by atoms with E-state index in [9.17, 15) is 0 Å². The Morgan fingerprint density at radius 2 is 2.16 bits per heavy atom. The number of nitrogens with zero attached hydrogens (tertiary/aromatic N) is 4. The summed E-state index contributed by atoms with van der Waals surface area (Å²) in [5, 5.41) is 10.6. The minimum atomic E-state index is 0.663. The van der Waals surface area contributed by atoms with Gasteiger partial charge in [0, 0.05) is 50.2 Å². The van der Waals surface area contributed by atoms with Crippen LogP contribution in [0.25, 0.3) is 0 Å². The van der Waals surface area contributed by atoms with Gasteiger partial charge in [-0.05, 0) is 19.9 Å². The van der Waals surface area contributed by atoms with Crippen molar-refractivity contribution in [2.45, 2.75) is 20.3 Å². The van der Waals surface area contributed by atoms with Gasteiger partial charge in [-0.1, -0.05) is 0 Å². The number of rotatable bonds is 6. The quantitative estimate of drug-likeness (QED) is 0.826. The Morgan fingerprint density at radius 3 is 2.84 bits per heavy atom. The highest BCUT2D eigenvalue weighted by Gasteiger charge is 2.04. The summed E-state index contributed by atoms with van der Waals surface area (Å²) in [5.74, 6) is 1.55. The lowest BCUT2D eigenvalue weighted by Crippen LogP contribution is -2.12. The Kier molecular flexibility index (Phi) is 4.33. The van der Waals surface area contributed by atoms with Crippen molar-refractivity contribution in [1.82, 2.24) is 19.7 Å². The summed E-state index contributed by atoms with van der Waals surface area (Å²) >= 11 is 0. The second-order valence-corrected chi connectivity index (χ2v) is 4.38. The predicted molar refractivity (Wildman–Crippen MR) is 76.3 cm³/mol. The molecule has 0 aromatic carbocycles. The van der Waals surface area contributed by atoms with Gasteiger partial charge in [0.15, 0.2) is 0 Å². The molecule has 0 radical (unpaired) electrons. The minimum Gasteiger partial charge on any atom is -0.369 e. The van der Waals surface area contributed by atoms with Gasteiger partial charge in [0.1, 0.15) is 5.82 Å². The molecule has 6 nitrogen and oxygen atoms in total. The van der Waals surface area contributed by atoms with Gasteiger partial charge in [-0.15, -0.1) is 0 Å². The lowest BCUT2D eigenvalue weighted by molar-refractivity contribution is 0.711. The Balaban J connectivity index is 1.95. The summed E-state index contributed by atoms with van der Waals surface area (Å²) in [6, 6.07) is 2.03. The molecule has 0 saturated heterocycles. The van der Waals surface area contributed by atoms with Crippen LogP contribution in [-0.2, 0) is 13.5 Å². The Labute approximate surface area is 113 Å². The molecule has 19 heavy (non-hydrogen) atoms. The first kappa shape index (κ1) is 13.3. The third-order valence-corrected chi connectivity index (χ3v) is 2.90. The van der Waals surface area contributed by atoms with Gasteiger partial charge >= 0.3 is 0 Å². The van der Waals surface area contributed by atoms with Gasteiger partial charge in [-0.2, -0.15) is 10.1 Å². The molecule has 0 aliphatic heterocycles. The fourth-order valence-electron chi connectivity index (χ4n) is 1.82. The number of aryl methyl sites for hydroxylation is 2. The zero-order valence-electron chi connectivity index (χ0n) is 11.6. The van der Waals surface area contributed by atoms with E-state index in [1.165, 1.54) is 5.69 Å². The molecule has 102 valence electrons. The number of aromatic nitrogens is 4. The average molecular weight is 260 g/mol. The maximum Gasteiger partial charge on any atom is 0.224 e. The summed E-state index contributed by atoms with van der Waals surface area (Å²) in [6.45, 7) is 5.67. The molecule has 0 fully saturated rings. The van der Waals surface area contributed by atoms with Crippen LogP contribution in [0.2, 0.25) is 0 Å². The first-order valence-electron chi connectivity index (χ1n) is 6.49. The van der Waals surface area contributed by atoms with Crippen molar-refractivity contribution in [3.8, 4) is 0 Å². The fourth-order valence-corrected chi connectivity index (χ4v) is 1.82. The molecule has 0 bridgehead atoms. The van der Waals surface area contributed by atoms with E-state index in [-0.39, 0.29) is 0 Å². The Bertz CT molecular complexity index is 534. The fraction of sp³-hybridized carbons (Fsp3) is 0.462. The van der Waals surface area contributed by atoms with Gasteiger partial charge in [0.2, 0.25) is 5.95 Å². The molecule has 2 heterocycles. The molecule has 0 atom stereocenters. The first-order valence-corrected chi connectivity index (χ1v) is 6.49. The van der Waals surface area contributed by atoms with E-state index in [1.54, 1.807) is 0 Å². The second kappa shape index (κ2) is 6.17. The molecule has 0 saturated carbocycles. The van der Waals surface area contributed by atoms with Crippen LogP contribution in [0.15, 0.2) is 18.5 Å². The summed E-state index contributed by atoms with van der Waals surface area (Å²) < 4.78 is 1.89. The number of nitrogens with one attached hydrogen (secondary N) is 2. The first-order chi connectivity index (χ1) is 9.20. The molecule has 0 spiro atoms. The highest BCUT2D eigenvalue weighted by molar-refractivity contribution is 5.46. The molecular formula is C13H20N6. The number of hydrogen-bond donors (Lipinski definition) is 2. The predicted octanol–water partition coefficient (Wildman–Crippen LogP) is 1.60. The van der Waals surface area contributed by atoms with E-state index in [0.717, 1.165) is 30.9 Å². The summed E-state index contributed by atoms with van der Waals surface area (Å²) in [4.78, 5) is 8.67. The van der Waals surface area contributed by atoms with Crippen LogP contribution >= 0.6 is 0 Å². The van der Waals surface area contributed by atoms with Crippen LogP contribution in [0.4, 0.5) is 11.8 Å². The average Bonchev–Trinajstić information content (AvgIpc) is 2.79. The van der Waals surface area contributed by atoms with Gasteiger partial charge in [0.25, 0.3) is 0 Å². The maximum absolute atomic E-state index is 4.45. The van der Waals surface area contributed by atoms with Crippen molar-refractivity contribution in [2.24, 2.45) is 7.05 Å². The van der Waals surface area contributed by atoms with E-state index in [0.29, 0.717) is 5.95 Å². The summed E-state index contributed by atoms with van der Waals surface area (Å²) in [6.07, 6.45) is 4.56. The van der Waals surface area contributed by atoms with Gasteiger partial charge in [0.05, 0.1) is 0 Å². The molecule has 0 aliphatic carbocycles. The monoisotopic (exact) mass is 260 g/mol. The zero-order chi connectivity index (χ0) is 13.7. The number of hydrogen-bond acceptors (Lipinski definition) is 5. The second-order valence-electron chi connectivity index (χ2n) is 4.38. The minimum absolute atomic E-state index is 0.663. The lowest BCUT2D eigenvalue weighted by Gasteiger charge is -2.10. The highest BCUT2D eigenvalue weighted by Crippen LogP contribution is 2.12. The molecule has 2 rings (SSSR count).